The Hall–Kier alpha value is -4.28. The topological polar surface area (TPSA) is 86.2 Å². The van der Waals surface area contributed by atoms with Gasteiger partial charge >= 0.3 is 6.18 Å². The summed E-state index contributed by atoms with van der Waals surface area (Å²) in [6.45, 7) is 4.81. The van der Waals surface area contributed by atoms with Crippen molar-refractivity contribution in [1.82, 2.24) is 10.7 Å². The molecule has 0 saturated heterocycles. The summed E-state index contributed by atoms with van der Waals surface area (Å²) in [5, 5.41) is 18.6. The number of anilines is 1. The van der Waals surface area contributed by atoms with E-state index < -0.39 is 17.6 Å². The Morgan fingerprint density at radius 1 is 1.02 bits per heavy atom. The first-order valence-electron chi connectivity index (χ1n) is 13.3. The highest BCUT2D eigenvalue weighted by Gasteiger charge is 2.30. The molecule has 0 aromatic heterocycles. The minimum Gasteiger partial charge on any atom is -0.506 e. The molecule has 0 radical (unpaired) electrons. The first kappa shape index (κ1) is 30.7. The van der Waals surface area contributed by atoms with Crippen LogP contribution in [-0.4, -0.2) is 50.0 Å². The van der Waals surface area contributed by atoms with Crippen LogP contribution in [0.25, 0.3) is 10.8 Å². The molecule has 0 spiro atoms. The van der Waals surface area contributed by atoms with E-state index in [0.717, 1.165) is 35.0 Å². The number of hydrogen-bond donors (Lipinski definition) is 3. The van der Waals surface area contributed by atoms with E-state index in [-0.39, 0.29) is 16.3 Å². The van der Waals surface area contributed by atoms with E-state index in [2.05, 4.69) is 15.8 Å². The van der Waals surface area contributed by atoms with E-state index in [1.54, 1.807) is 0 Å². The molecule has 4 rings (SSSR count). The second-order valence-electron chi connectivity index (χ2n) is 9.30. The van der Waals surface area contributed by atoms with Crippen molar-refractivity contribution in [1.29, 1.82) is 0 Å². The molecule has 0 heterocycles. The van der Waals surface area contributed by atoms with Gasteiger partial charge in [-0.2, -0.15) is 18.3 Å². The highest BCUT2D eigenvalue weighted by atomic mass is 35.5. The van der Waals surface area contributed by atoms with Crippen LogP contribution in [0.3, 0.4) is 0 Å². The first-order valence-corrected chi connectivity index (χ1v) is 13.6. The van der Waals surface area contributed by atoms with Gasteiger partial charge in [-0.05, 0) is 66.5 Å². The number of hydrazone groups is 1. The summed E-state index contributed by atoms with van der Waals surface area (Å²) in [6, 6.07) is 20.5. The molecule has 11 heteroatoms. The first-order chi connectivity index (χ1) is 20.2. The Bertz CT molecular complexity index is 1550. The molecule has 0 unspecified atom stereocenters. The van der Waals surface area contributed by atoms with Crippen LogP contribution in [0.4, 0.5) is 18.9 Å². The van der Waals surface area contributed by atoms with E-state index in [0.29, 0.717) is 37.7 Å². The number of benzene rings is 4. The maximum absolute atomic E-state index is 13.0. The fourth-order valence-corrected chi connectivity index (χ4v) is 4.47. The largest absolute Gasteiger partial charge is 0.506 e. The monoisotopic (exact) mass is 598 g/mol. The molecular formula is C31H30ClF3N4O3. The number of hydrogen-bond acceptors (Lipinski definition) is 6. The smallest absolute Gasteiger partial charge is 0.416 e. The Morgan fingerprint density at radius 2 is 1.76 bits per heavy atom. The van der Waals surface area contributed by atoms with Crippen molar-refractivity contribution >= 4 is 40.2 Å². The van der Waals surface area contributed by atoms with E-state index in [4.69, 9.17) is 16.3 Å². The van der Waals surface area contributed by atoms with Crippen molar-refractivity contribution in [2.45, 2.75) is 13.1 Å². The molecule has 1 amide bonds. The van der Waals surface area contributed by atoms with Crippen LogP contribution in [0.2, 0.25) is 5.02 Å². The van der Waals surface area contributed by atoms with Crippen LogP contribution in [0.15, 0.2) is 84.0 Å². The standard InChI is InChI=1S/C31H30ClF3N4O3/c1-2-36-15-16-39(24-11-9-23(10-12-24)31(33,34)35)17-18-42-29-14-8-22(25-5-3-4-6-26(25)29)20-37-38-30(41)21-7-13-28(40)27(32)19-21/h3-14,19-20,36,40H,2,15-18H2,1H3,(H,38,41)/b37-20+. The SMILES string of the molecule is CCNCCN(CCOc1ccc(/C=N/NC(=O)c2ccc(O)c(Cl)c2)c2ccccc12)c1ccc(C(F)(F)F)cc1. The van der Waals surface area contributed by atoms with E-state index in [9.17, 15) is 23.1 Å². The summed E-state index contributed by atoms with van der Waals surface area (Å²) in [6.07, 6.45) is -2.86. The van der Waals surface area contributed by atoms with Crippen molar-refractivity contribution in [2.24, 2.45) is 5.10 Å². The number of alkyl halides is 3. The van der Waals surface area contributed by atoms with Gasteiger partial charge in [-0.1, -0.05) is 42.8 Å². The Balaban J connectivity index is 1.44. The third-order valence-corrected chi connectivity index (χ3v) is 6.79. The molecule has 0 aliphatic carbocycles. The van der Waals surface area contributed by atoms with Crippen molar-refractivity contribution in [3.63, 3.8) is 0 Å². The lowest BCUT2D eigenvalue weighted by Gasteiger charge is -2.25. The fourth-order valence-electron chi connectivity index (χ4n) is 4.29. The average molecular weight is 599 g/mol. The fraction of sp³-hybridized carbons (Fsp3) is 0.226. The number of ether oxygens (including phenoxy) is 1. The van der Waals surface area contributed by atoms with Gasteiger partial charge in [0.05, 0.1) is 23.3 Å². The van der Waals surface area contributed by atoms with Gasteiger partial charge in [-0.3, -0.25) is 4.79 Å². The summed E-state index contributed by atoms with van der Waals surface area (Å²) >= 11 is 5.88. The number of phenols is 1. The highest BCUT2D eigenvalue weighted by Crippen LogP contribution is 2.31. The van der Waals surface area contributed by atoms with Crippen molar-refractivity contribution in [3.8, 4) is 11.5 Å². The highest BCUT2D eigenvalue weighted by molar-refractivity contribution is 6.32. The molecule has 0 bridgehead atoms. The van der Waals surface area contributed by atoms with Gasteiger partial charge in [0.25, 0.3) is 5.91 Å². The van der Waals surface area contributed by atoms with Crippen molar-refractivity contribution in [3.05, 3.63) is 101 Å². The Morgan fingerprint density at radius 3 is 2.45 bits per heavy atom. The molecule has 7 nitrogen and oxygen atoms in total. The molecule has 4 aromatic rings. The lowest BCUT2D eigenvalue weighted by Crippen LogP contribution is -2.35. The lowest BCUT2D eigenvalue weighted by molar-refractivity contribution is -0.137. The molecule has 0 aliphatic rings. The normalized spacial score (nSPS) is 11.6. The number of likely N-dealkylation sites (N-methyl/N-ethyl adjacent to an activating group) is 1. The van der Waals surface area contributed by atoms with Gasteiger partial charge in [0, 0.05) is 35.3 Å². The summed E-state index contributed by atoms with van der Waals surface area (Å²) < 4.78 is 45.2. The number of rotatable bonds is 12. The molecule has 0 saturated carbocycles. The zero-order valence-electron chi connectivity index (χ0n) is 22.8. The summed E-state index contributed by atoms with van der Waals surface area (Å²) in [5.41, 5.74) is 3.44. The van der Waals surface area contributed by atoms with Crippen molar-refractivity contribution in [2.75, 3.05) is 37.7 Å². The van der Waals surface area contributed by atoms with Gasteiger partial charge in [0.1, 0.15) is 18.1 Å². The van der Waals surface area contributed by atoms with Crippen LogP contribution in [0.1, 0.15) is 28.4 Å². The Labute approximate surface area is 246 Å². The van der Waals surface area contributed by atoms with Gasteiger partial charge in [0.2, 0.25) is 0 Å². The minimum absolute atomic E-state index is 0.0633. The van der Waals surface area contributed by atoms with Gasteiger partial charge < -0.3 is 20.1 Å². The molecule has 4 aromatic carbocycles. The molecule has 42 heavy (non-hydrogen) atoms. The number of amides is 1. The maximum atomic E-state index is 13.0. The van der Waals surface area contributed by atoms with E-state index in [1.165, 1.54) is 36.5 Å². The lowest BCUT2D eigenvalue weighted by atomic mass is 10.0. The number of halogens is 4. The van der Waals surface area contributed by atoms with Crippen LogP contribution in [0.5, 0.6) is 11.5 Å². The van der Waals surface area contributed by atoms with Crippen LogP contribution in [0, 0.1) is 0 Å². The minimum atomic E-state index is -4.39. The number of phenolic OH excluding ortho intramolecular Hbond substituents is 1. The van der Waals surface area contributed by atoms with Gasteiger partial charge in [-0.25, -0.2) is 5.43 Å². The van der Waals surface area contributed by atoms with E-state index in [1.807, 2.05) is 48.2 Å². The number of aromatic hydroxyl groups is 1. The van der Waals surface area contributed by atoms with Gasteiger partial charge in [-0.15, -0.1) is 0 Å². The second kappa shape index (κ2) is 14.1. The van der Waals surface area contributed by atoms with Crippen LogP contribution in [-0.2, 0) is 6.18 Å². The number of carbonyl (C=O) groups excluding carboxylic acids is 1. The van der Waals surface area contributed by atoms with Crippen molar-refractivity contribution < 1.29 is 27.8 Å². The van der Waals surface area contributed by atoms with Crippen LogP contribution >= 0.6 is 11.6 Å². The number of carbonyl (C=O) groups is 1. The number of fused-ring (bicyclic) bond motifs is 1. The summed E-state index contributed by atoms with van der Waals surface area (Å²) in [7, 11) is 0. The second-order valence-corrected chi connectivity index (χ2v) is 9.70. The van der Waals surface area contributed by atoms with Crippen LogP contribution < -0.4 is 20.4 Å². The molecular weight excluding hydrogens is 569 g/mol. The quantitative estimate of drug-likeness (QED) is 0.0988. The van der Waals surface area contributed by atoms with Gasteiger partial charge in [0.15, 0.2) is 0 Å². The summed E-state index contributed by atoms with van der Waals surface area (Å²) in [4.78, 5) is 14.4. The molecule has 0 aliphatic heterocycles. The average Bonchev–Trinajstić information content (AvgIpc) is 2.98. The zero-order valence-corrected chi connectivity index (χ0v) is 23.5. The summed E-state index contributed by atoms with van der Waals surface area (Å²) in [5.74, 6) is 0.0417. The molecule has 220 valence electrons. The number of nitrogens with zero attached hydrogens (tertiary/aromatic N) is 2. The zero-order chi connectivity index (χ0) is 30.1. The molecule has 3 N–H and O–H groups in total. The predicted octanol–water partition coefficient (Wildman–Crippen LogP) is 6.48. The molecule has 0 atom stereocenters. The van der Waals surface area contributed by atoms with E-state index >= 15 is 0 Å². The maximum Gasteiger partial charge on any atom is 0.416 e. The Kier molecular flexibility index (Phi) is 10.3. The third-order valence-electron chi connectivity index (χ3n) is 6.48. The predicted molar refractivity (Wildman–Crippen MR) is 160 cm³/mol. The third kappa shape index (κ3) is 7.92. The molecule has 0 fully saturated rings. The number of nitrogens with one attached hydrogen (secondary N) is 2.